The molecule has 19 nitrogen and oxygen atoms in total. The maximum Gasteiger partial charge on any atom is 0.490 e. The van der Waals surface area contributed by atoms with E-state index >= 15 is 0 Å². The van der Waals surface area contributed by atoms with E-state index in [1.165, 1.54) is 13.2 Å². The molecule has 1 aliphatic heterocycles. The van der Waals surface area contributed by atoms with Crippen LogP contribution in [-0.4, -0.2) is 82.6 Å². The molecule has 22 heteroatoms. The van der Waals surface area contributed by atoms with Crippen molar-refractivity contribution in [1.82, 2.24) is 10.6 Å². The van der Waals surface area contributed by atoms with E-state index in [4.69, 9.17) is 28.4 Å². The van der Waals surface area contributed by atoms with E-state index in [1.807, 2.05) is 27.7 Å². The molecule has 4 atom stereocenters. The van der Waals surface area contributed by atoms with Crippen LogP contribution in [0.1, 0.15) is 70.2 Å². The fourth-order valence-corrected chi connectivity index (χ4v) is 7.99. The molecule has 0 spiro atoms. The van der Waals surface area contributed by atoms with Gasteiger partial charge in [-0.3, -0.25) is 14.1 Å². The van der Waals surface area contributed by atoms with Gasteiger partial charge >= 0.3 is 29.1 Å². The van der Waals surface area contributed by atoms with Crippen LogP contribution in [0, 0.1) is 17.3 Å². The summed E-state index contributed by atoms with van der Waals surface area (Å²) in [5.41, 5.74) is -0.928. The molecular formula is C33H47N2O17P3. The molecule has 0 radical (unpaired) electrons. The summed E-state index contributed by atoms with van der Waals surface area (Å²) in [4.78, 5) is 73.4. The second-order valence-corrected chi connectivity index (χ2v) is 18.3. The number of ether oxygens (including phenoxy) is 3. The number of phosphoric acid groups is 3. The monoisotopic (exact) mass is 836 g/mol. The Morgan fingerprint density at radius 3 is 2.35 bits per heavy atom. The zero-order chi connectivity index (χ0) is 41.2. The highest BCUT2D eigenvalue weighted by Crippen LogP contribution is 2.66. The van der Waals surface area contributed by atoms with Gasteiger partial charge in [-0.15, -0.1) is 0 Å². The number of fused-ring (bicyclic) bond motifs is 1. The van der Waals surface area contributed by atoms with E-state index in [1.54, 1.807) is 18.2 Å². The predicted molar refractivity (Wildman–Crippen MR) is 197 cm³/mol. The maximum absolute atomic E-state index is 12.7. The number of amides is 2. The van der Waals surface area contributed by atoms with Crippen LogP contribution in [-0.2, 0) is 41.1 Å². The molecule has 1 aliphatic rings. The zero-order valence-electron chi connectivity index (χ0n) is 31.0. The summed E-state index contributed by atoms with van der Waals surface area (Å²) in [5, 5.41) is 6.09. The van der Waals surface area contributed by atoms with Gasteiger partial charge in [0, 0.05) is 43.0 Å². The van der Waals surface area contributed by atoms with Crippen LogP contribution in [0.15, 0.2) is 45.6 Å². The van der Waals surface area contributed by atoms with Crippen LogP contribution >= 0.6 is 23.5 Å². The summed E-state index contributed by atoms with van der Waals surface area (Å²) in [6.07, 6.45) is 0.884. The van der Waals surface area contributed by atoms with Crippen LogP contribution in [0.25, 0.3) is 11.0 Å². The van der Waals surface area contributed by atoms with Crippen molar-refractivity contribution >= 4 is 46.3 Å². The number of carbonyl (C=O) groups excluding carboxylic acids is 2. The molecule has 6 N–H and O–H groups in total. The van der Waals surface area contributed by atoms with Gasteiger partial charge in [-0.2, -0.15) is 8.62 Å². The molecule has 0 aliphatic carbocycles. The minimum Gasteiger partial charge on any atom is -0.497 e. The van der Waals surface area contributed by atoms with Gasteiger partial charge in [0.15, 0.2) is 0 Å². The smallest absolute Gasteiger partial charge is 0.490 e. The van der Waals surface area contributed by atoms with E-state index < -0.39 is 59.4 Å². The van der Waals surface area contributed by atoms with Crippen molar-refractivity contribution in [3.05, 3.63) is 52.4 Å². The first-order valence-corrected chi connectivity index (χ1v) is 21.3. The summed E-state index contributed by atoms with van der Waals surface area (Å²) in [7, 11) is -14.9. The summed E-state index contributed by atoms with van der Waals surface area (Å²) in [6.45, 7) is 11.9. The van der Waals surface area contributed by atoms with Gasteiger partial charge in [-0.1, -0.05) is 32.3 Å². The molecule has 1 aromatic heterocycles. The number of hydrogen-bond acceptors (Lipinski definition) is 13. The third kappa shape index (κ3) is 16.4. The Bertz CT molecular complexity index is 1970. The lowest BCUT2D eigenvalue weighted by atomic mass is 9.86. The Morgan fingerprint density at radius 1 is 1.00 bits per heavy atom. The van der Waals surface area contributed by atoms with Gasteiger partial charge in [-0.05, 0) is 56.7 Å². The van der Waals surface area contributed by atoms with E-state index in [2.05, 4.69) is 42.2 Å². The van der Waals surface area contributed by atoms with Crippen LogP contribution in [0.2, 0.25) is 0 Å². The molecule has 0 bridgehead atoms. The van der Waals surface area contributed by atoms with E-state index in [0.717, 1.165) is 0 Å². The van der Waals surface area contributed by atoms with Crippen molar-refractivity contribution in [3.8, 4) is 17.6 Å². The molecule has 2 amide bonds. The average molecular weight is 837 g/mol. The van der Waals surface area contributed by atoms with Crippen molar-refractivity contribution in [1.29, 1.82) is 0 Å². The first kappa shape index (κ1) is 46.2. The number of rotatable bonds is 21. The lowest BCUT2D eigenvalue weighted by Gasteiger charge is -2.35. The van der Waals surface area contributed by atoms with Crippen molar-refractivity contribution in [3.63, 3.8) is 0 Å². The first-order valence-electron chi connectivity index (χ1n) is 16.8. The molecular weight excluding hydrogens is 789 g/mol. The van der Waals surface area contributed by atoms with Crippen LogP contribution in [0.3, 0.4) is 0 Å². The van der Waals surface area contributed by atoms with Gasteiger partial charge < -0.3 is 48.8 Å². The molecule has 1 saturated heterocycles. The Kier molecular flexibility index (Phi) is 16.2. The van der Waals surface area contributed by atoms with Crippen LogP contribution in [0.5, 0.6) is 5.75 Å². The molecule has 2 heterocycles. The highest BCUT2D eigenvalue weighted by Gasteiger charge is 2.42. The van der Waals surface area contributed by atoms with E-state index in [-0.39, 0.29) is 36.3 Å². The van der Waals surface area contributed by atoms with Crippen LogP contribution < -0.4 is 21.0 Å². The standard InChI is InChI=1S/C33H47N2O17P3/c1-22(27-20-25(49-27)21-48-54(42,43)52-55(44,45)51-53(39,40)41)8-7-15-34-29(36)11-12-33(4,5)47-17-14-32(2,3)13-16-35-30(37)26-18-23-9-10-24(46-6)19-28(23)50-31(26)38/h9-10,18-19,25,27H,1,11-17,20-21H2,2-6H3,(H,34,36)(H,35,37)(H,42,43)(H,44,45)(H2,39,40,41)/t25-,27+/m0/s1. The molecule has 2 unspecified atom stereocenters. The van der Waals surface area contributed by atoms with Crippen molar-refractivity contribution in [2.75, 3.05) is 33.4 Å². The predicted octanol–water partition coefficient (Wildman–Crippen LogP) is 4.09. The fraction of sp³-hybridized carbons (Fsp3) is 0.545. The number of carbonyl (C=O) groups is 2. The highest BCUT2D eigenvalue weighted by atomic mass is 31.3. The SMILES string of the molecule is C=C(C#CCNC(=O)CCC(C)(C)OCCC(C)(C)CCNC(=O)c1cc2ccc(OC)cc2oc1=O)[C@H]1C[C@@H](COP(=O)(O)OP(=O)(O)OP(=O)(O)O)O1. The topological polar surface area (TPSA) is 276 Å². The minimum atomic E-state index is -5.61. The van der Waals surface area contributed by atoms with Crippen molar-refractivity contribution in [2.24, 2.45) is 5.41 Å². The average Bonchev–Trinajstić information content (AvgIpc) is 3.02. The summed E-state index contributed by atoms with van der Waals surface area (Å²) < 4.78 is 67.7. The normalized spacial score (nSPS) is 18.2. The van der Waals surface area contributed by atoms with Gasteiger partial charge in [-0.25, -0.2) is 18.5 Å². The Labute approximate surface area is 317 Å². The molecule has 1 aromatic carbocycles. The van der Waals surface area contributed by atoms with E-state index in [9.17, 15) is 37.9 Å². The number of nitrogens with one attached hydrogen (secondary N) is 2. The largest absolute Gasteiger partial charge is 0.497 e. The molecule has 3 rings (SSSR count). The van der Waals surface area contributed by atoms with Gasteiger partial charge in [0.2, 0.25) is 5.91 Å². The van der Waals surface area contributed by atoms with Gasteiger partial charge in [0.25, 0.3) is 5.91 Å². The summed E-state index contributed by atoms with van der Waals surface area (Å²) >= 11 is 0. The molecule has 0 saturated carbocycles. The Hall–Kier alpha value is -3.20. The second-order valence-electron chi connectivity index (χ2n) is 13.9. The fourth-order valence-electron chi connectivity index (χ4n) is 4.94. The summed E-state index contributed by atoms with van der Waals surface area (Å²) in [6, 6.07) is 6.49. The molecule has 2 aromatic rings. The third-order valence-electron chi connectivity index (χ3n) is 8.19. The second kappa shape index (κ2) is 19.3. The Balaban J connectivity index is 1.29. The maximum atomic E-state index is 12.7. The summed E-state index contributed by atoms with van der Waals surface area (Å²) in [5.74, 6) is 5.29. The quantitative estimate of drug-likeness (QED) is 0.0587. The van der Waals surface area contributed by atoms with Crippen molar-refractivity contribution in [2.45, 2.75) is 77.6 Å². The number of phosphoric ester groups is 1. The molecule has 55 heavy (non-hydrogen) atoms. The Morgan fingerprint density at radius 2 is 1.69 bits per heavy atom. The lowest BCUT2D eigenvalue weighted by molar-refractivity contribution is -0.122. The number of methoxy groups -OCH3 is 1. The van der Waals surface area contributed by atoms with Gasteiger partial charge in [0.1, 0.15) is 16.9 Å². The van der Waals surface area contributed by atoms with E-state index in [0.29, 0.717) is 54.7 Å². The van der Waals surface area contributed by atoms with Crippen molar-refractivity contribution < 1.29 is 74.6 Å². The van der Waals surface area contributed by atoms with Gasteiger partial charge in [0.05, 0.1) is 38.1 Å². The minimum absolute atomic E-state index is 0.0348. The number of hydrogen-bond donors (Lipinski definition) is 6. The highest BCUT2D eigenvalue weighted by molar-refractivity contribution is 7.66. The molecule has 1 fully saturated rings. The first-order chi connectivity index (χ1) is 25.4. The zero-order valence-corrected chi connectivity index (χ0v) is 33.7. The molecule has 306 valence electrons. The third-order valence-corrected chi connectivity index (χ3v) is 12.0. The van der Waals surface area contributed by atoms with Crippen LogP contribution in [0.4, 0.5) is 0 Å². The number of benzene rings is 1. The lowest BCUT2D eigenvalue weighted by Crippen LogP contribution is -2.41.